The van der Waals surface area contributed by atoms with E-state index in [1.54, 1.807) is 0 Å². The van der Waals surface area contributed by atoms with Gasteiger partial charge in [-0.2, -0.15) is 0 Å². The zero-order valence-electron chi connectivity index (χ0n) is 8.35. The van der Waals surface area contributed by atoms with Gasteiger partial charge >= 0.3 is 0 Å². The lowest BCUT2D eigenvalue weighted by Crippen LogP contribution is -2.36. The number of aliphatic hydroxyl groups is 1. The summed E-state index contributed by atoms with van der Waals surface area (Å²) < 4.78 is 0. The van der Waals surface area contributed by atoms with Gasteiger partial charge in [-0.1, -0.05) is 0 Å². The molecule has 0 aliphatic carbocycles. The molecule has 0 aromatic heterocycles. The van der Waals surface area contributed by atoms with E-state index >= 15 is 0 Å². The second kappa shape index (κ2) is 5.57. The molecule has 0 spiro atoms. The van der Waals surface area contributed by atoms with Crippen LogP contribution in [-0.2, 0) is 9.59 Å². The van der Waals surface area contributed by atoms with E-state index in [9.17, 15) is 14.7 Å². The van der Waals surface area contributed by atoms with Crippen molar-refractivity contribution < 1.29 is 14.7 Å². The molecule has 84 valence electrons. The van der Waals surface area contributed by atoms with Gasteiger partial charge in [-0.15, -0.1) is 0 Å². The van der Waals surface area contributed by atoms with E-state index in [4.69, 9.17) is 5.41 Å². The van der Waals surface area contributed by atoms with E-state index in [2.05, 4.69) is 5.32 Å². The van der Waals surface area contributed by atoms with Gasteiger partial charge < -0.3 is 10.4 Å². The Balaban J connectivity index is 2.34. The standard InChI is InChI=1S/C9H15N3O3/c10-5-12(6-13)4-7(14)3-8-9(15)1-2-11-8/h5-6,8-11,15H,1-4H2/t8-,9+/m1/s1. The molecule has 1 rings (SSSR count). The van der Waals surface area contributed by atoms with Gasteiger partial charge in [0.25, 0.3) is 0 Å². The van der Waals surface area contributed by atoms with Gasteiger partial charge in [0.2, 0.25) is 6.41 Å². The van der Waals surface area contributed by atoms with Crippen LogP contribution in [0.2, 0.25) is 0 Å². The lowest BCUT2D eigenvalue weighted by molar-refractivity contribution is -0.124. The van der Waals surface area contributed by atoms with E-state index < -0.39 is 6.10 Å². The number of hydrogen-bond donors (Lipinski definition) is 3. The number of hydrogen-bond acceptors (Lipinski definition) is 5. The summed E-state index contributed by atoms with van der Waals surface area (Å²) in [6.07, 6.45) is 1.60. The van der Waals surface area contributed by atoms with Crippen molar-refractivity contribution in [2.75, 3.05) is 13.1 Å². The number of Topliss-reactive ketones (excluding diaryl/α,β-unsaturated/α-hetero) is 1. The second-order valence-corrected chi connectivity index (χ2v) is 3.57. The summed E-state index contributed by atoms with van der Waals surface area (Å²) >= 11 is 0. The quantitative estimate of drug-likeness (QED) is 0.291. The minimum absolute atomic E-state index is 0.0993. The molecule has 0 radical (unpaired) electrons. The van der Waals surface area contributed by atoms with Crippen LogP contribution < -0.4 is 5.32 Å². The Bertz CT molecular complexity index is 249. The number of amides is 1. The van der Waals surface area contributed by atoms with Crippen LogP contribution in [0.15, 0.2) is 0 Å². The maximum Gasteiger partial charge on any atom is 0.215 e. The summed E-state index contributed by atoms with van der Waals surface area (Å²) in [6, 6.07) is -0.211. The first-order valence-corrected chi connectivity index (χ1v) is 4.82. The van der Waals surface area contributed by atoms with E-state index in [1.165, 1.54) is 0 Å². The van der Waals surface area contributed by atoms with Crippen molar-refractivity contribution >= 4 is 18.5 Å². The van der Waals surface area contributed by atoms with Crippen molar-refractivity contribution in [3.8, 4) is 0 Å². The highest BCUT2D eigenvalue weighted by atomic mass is 16.3. The molecule has 1 aliphatic heterocycles. The normalized spacial score (nSPS) is 24.9. The smallest absolute Gasteiger partial charge is 0.215 e. The molecule has 2 atom stereocenters. The lowest BCUT2D eigenvalue weighted by atomic mass is 10.1. The maximum atomic E-state index is 11.4. The molecule has 1 amide bonds. The molecule has 1 aliphatic rings. The number of ketones is 1. The summed E-state index contributed by atoms with van der Waals surface area (Å²) in [7, 11) is 0. The fourth-order valence-electron chi connectivity index (χ4n) is 1.59. The van der Waals surface area contributed by atoms with Crippen LogP contribution in [0.1, 0.15) is 12.8 Å². The highest BCUT2D eigenvalue weighted by molar-refractivity contribution is 5.86. The van der Waals surface area contributed by atoms with Gasteiger partial charge in [-0.05, 0) is 13.0 Å². The van der Waals surface area contributed by atoms with Crippen molar-refractivity contribution in [1.82, 2.24) is 10.2 Å². The first-order valence-electron chi connectivity index (χ1n) is 4.82. The summed E-state index contributed by atoms with van der Waals surface area (Å²) in [4.78, 5) is 22.7. The average molecular weight is 213 g/mol. The fourth-order valence-corrected chi connectivity index (χ4v) is 1.59. The van der Waals surface area contributed by atoms with Crippen LogP contribution in [0.5, 0.6) is 0 Å². The number of nitrogens with zero attached hydrogens (tertiary/aromatic N) is 1. The molecule has 0 unspecified atom stereocenters. The van der Waals surface area contributed by atoms with Gasteiger partial charge in [0.1, 0.15) is 0 Å². The highest BCUT2D eigenvalue weighted by Crippen LogP contribution is 2.10. The van der Waals surface area contributed by atoms with Gasteiger partial charge in [-0.25, -0.2) is 0 Å². The Morgan fingerprint density at radius 1 is 1.67 bits per heavy atom. The minimum Gasteiger partial charge on any atom is -0.391 e. The van der Waals surface area contributed by atoms with Gasteiger partial charge in [0.15, 0.2) is 5.78 Å². The van der Waals surface area contributed by atoms with Crippen LogP contribution in [0, 0.1) is 5.41 Å². The Labute approximate surface area is 87.8 Å². The van der Waals surface area contributed by atoms with Crippen molar-refractivity contribution in [2.24, 2.45) is 0 Å². The Kier molecular flexibility index (Phi) is 4.38. The molecule has 6 nitrogen and oxygen atoms in total. The third-order valence-corrected chi connectivity index (χ3v) is 2.42. The van der Waals surface area contributed by atoms with Crippen LogP contribution in [0.4, 0.5) is 0 Å². The predicted molar refractivity (Wildman–Crippen MR) is 53.6 cm³/mol. The number of nitrogens with one attached hydrogen (secondary N) is 2. The molecule has 1 heterocycles. The van der Waals surface area contributed by atoms with E-state index in [-0.39, 0.29) is 24.8 Å². The average Bonchev–Trinajstić information content (AvgIpc) is 2.61. The number of rotatable bonds is 6. The minimum atomic E-state index is -0.487. The van der Waals surface area contributed by atoms with Gasteiger partial charge in [-0.3, -0.25) is 19.9 Å². The fraction of sp³-hybridized carbons (Fsp3) is 0.667. The molecule has 3 N–H and O–H groups in total. The molecular weight excluding hydrogens is 198 g/mol. The SMILES string of the molecule is N=CN(C=O)CC(=O)C[C@H]1NCC[C@@H]1O. The van der Waals surface area contributed by atoms with Crippen LogP contribution in [-0.4, -0.2) is 53.8 Å². The van der Waals surface area contributed by atoms with Gasteiger partial charge in [0, 0.05) is 12.5 Å². The summed E-state index contributed by atoms with van der Waals surface area (Å²) in [5.41, 5.74) is 0. The molecule has 1 saturated heterocycles. The molecular formula is C9H15N3O3. The number of carbonyl (C=O) groups excluding carboxylic acids is 2. The molecule has 0 aromatic rings. The maximum absolute atomic E-state index is 11.4. The van der Waals surface area contributed by atoms with Gasteiger partial charge in [0.05, 0.1) is 19.0 Å². The van der Waals surface area contributed by atoms with Crippen LogP contribution in [0.25, 0.3) is 0 Å². The monoisotopic (exact) mass is 213 g/mol. The zero-order chi connectivity index (χ0) is 11.3. The van der Waals surface area contributed by atoms with Crippen molar-refractivity contribution in [3.63, 3.8) is 0 Å². The van der Waals surface area contributed by atoms with Crippen LogP contribution in [0.3, 0.4) is 0 Å². The molecule has 0 aromatic carbocycles. The first-order chi connectivity index (χ1) is 7.17. The second-order valence-electron chi connectivity index (χ2n) is 3.57. The highest BCUT2D eigenvalue weighted by Gasteiger charge is 2.26. The van der Waals surface area contributed by atoms with Crippen LogP contribution >= 0.6 is 0 Å². The number of aliphatic hydroxyl groups excluding tert-OH is 1. The number of carbonyl (C=O) groups is 2. The summed E-state index contributed by atoms with van der Waals surface area (Å²) in [6.45, 7) is 0.610. The van der Waals surface area contributed by atoms with E-state index in [0.717, 1.165) is 11.2 Å². The third-order valence-electron chi connectivity index (χ3n) is 2.42. The van der Waals surface area contributed by atoms with E-state index in [1.807, 2.05) is 0 Å². The van der Waals surface area contributed by atoms with Crippen molar-refractivity contribution in [3.05, 3.63) is 0 Å². The van der Waals surface area contributed by atoms with E-state index in [0.29, 0.717) is 19.4 Å². The molecule has 1 fully saturated rings. The largest absolute Gasteiger partial charge is 0.391 e. The van der Waals surface area contributed by atoms with Crippen molar-refractivity contribution in [1.29, 1.82) is 5.41 Å². The Morgan fingerprint density at radius 2 is 2.40 bits per heavy atom. The first kappa shape index (κ1) is 11.8. The Morgan fingerprint density at radius 3 is 2.87 bits per heavy atom. The van der Waals surface area contributed by atoms with Crippen molar-refractivity contribution in [2.45, 2.75) is 25.0 Å². The molecule has 0 saturated carbocycles. The Hall–Kier alpha value is -1.27. The third kappa shape index (κ3) is 3.41. The zero-order valence-corrected chi connectivity index (χ0v) is 8.35. The topological polar surface area (TPSA) is 93.5 Å². The summed E-state index contributed by atoms with van der Waals surface area (Å²) in [5.74, 6) is -0.163. The molecule has 6 heteroatoms. The summed E-state index contributed by atoms with van der Waals surface area (Å²) in [5, 5.41) is 19.3. The molecule has 0 bridgehead atoms. The molecule has 15 heavy (non-hydrogen) atoms. The lowest BCUT2D eigenvalue weighted by Gasteiger charge is -2.15. The predicted octanol–water partition coefficient (Wildman–Crippen LogP) is -1.27.